The molecular formula is C13H20N3O2+. The highest BCUT2D eigenvalue weighted by molar-refractivity contribution is 5.90. The quantitative estimate of drug-likeness (QED) is 0.492. The molecule has 98 valence electrons. The Balaban J connectivity index is 2.63. The van der Waals surface area contributed by atoms with Gasteiger partial charge in [0.15, 0.2) is 0 Å². The number of nitrogens with zero attached hydrogens (tertiary/aromatic N) is 1. The van der Waals surface area contributed by atoms with Gasteiger partial charge in [0.05, 0.1) is 20.7 Å². The number of nitrogens with one attached hydrogen (secondary N) is 2. The van der Waals surface area contributed by atoms with Gasteiger partial charge in [-0.3, -0.25) is 9.89 Å². The van der Waals surface area contributed by atoms with Crippen LogP contribution in [0.15, 0.2) is 24.3 Å². The van der Waals surface area contributed by atoms with E-state index in [1.807, 2.05) is 49.9 Å². The van der Waals surface area contributed by atoms with Crippen LogP contribution < -0.4 is 10.6 Å². The first-order valence-electron chi connectivity index (χ1n) is 5.84. The summed E-state index contributed by atoms with van der Waals surface area (Å²) in [5.41, 5.74) is 1.68. The SMILES string of the molecule is CCOC(=O)Nc1ccc(NC(C)=[N+](C)C)cc1. The van der Waals surface area contributed by atoms with Gasteiger partial charge in [-0.25, -0.2) is 10.1 Å². The molecular weight excluding hydrogens is 230 g/mol. The Hall–Kier alpha value is -2.04. The summed E-state index contributed by atoms with van der Waals surface area (Å²) in [5, 5.41) is 5.89. The van der Waals surface area contributed by atoms with E-state index in [1.165, 1.54) is 0 Å². The average molecular weight is 250 g/mol. The molecule has 0 atom stereocenters. The molecule has 1 amide bonds. The van der Waals surface area contributed by atoms with Crippen LogP contribution in [-0.4, -0.2) is 37.2 Å². The summed E-state index contributed by atoms with van der Waals surface area (Å²) in [7, 11) is 3.94. The van der Waals surface area contributed by atoms with Crippen molar-refractivity contribution in [1.29, 1.82) is 0 Å². The Kier molecular flexibility index (Phi) is 5.17. The Morgan fingerprint density at radius 3 is 2.11 bits per heavy atom. The summed E-state index contributed by atoms with van der Waals surface area (Å²) in [6.07, 6.45) is -0.436. The second-order valence-electron chi connectivity index (χ2n) is 4.03. The van der Waals surface area contributed by atoms with Gasteiger partial charge < -0.3 is 4.74 Å². The minimum absolute atomic E-state index is 0.364. The van der Waals surface area contributed by atoms with Crippen LogP contribution in [0.3, 0.4) is 0 Å². The lowest BCUT2D eigenvalue weighted by molar-refractivity contribution is -0.464. The lowest BCUT2D eigenvalue weighted by Crippen LogP contribution is -2.18. The lowest BCUT2D eigenvalue weighted by atomic mass is 10.3. The van der Waals surface area contributed by atoms with Crippen molar-refractivity contribution in [2.24, 2.45) is 0 Å². The fraction of sp³-hybridized carbons (Fsp3) is 0.385. The van der Waals surface area contributed by atoms with E-state index in [0.29, 0.717) is 12.3 Å². The molecule has 1 aromatic rings. The summed E-state index contributed by atoms with van der Waals surface area (Å²) in [6.45, 7) is 4.12. The molecule has 0 aliphatic carbocycles. The van der Waals surface area contributed by atoms with Crippen molar-refractivity contribution in [3.63, 3.8) is 0 Å². The molecule has 0 heterocycles. The maximum absolute atomic E-state index is 11.2. The zero-order chi connectivity index (χ0) is 13.5. The predicted molar refractivity (Wildman–Crippen MR) is 73.5 cm³/mol. The van der Waals surface area contributed by atoms with E-state index < -0.39 is 6.09 Å². The highest BCUT2D eigenvalue weighted by Gasteiger charge is 2.04. The highest BCUT2D eigenvalue weighted by Crippen LogP contribution is 2.13. The number of rotatable bonds is 3. The van der Waals surface area contributed by atoms with Crippen molar-refractivity contribution < 1.29 is 14.1 Å². The first kappa shape index (κ1) is 14.0. The normalized spacial score (nSPS) is 9.56. The molecule has 0 spiro atoms. The molecule has 5 heteroatoms. The minimum Gasteiger partial charge on any atom is -0.450 e. The lowest BCUT2D eigenvalue weighted by Gasteiger charge is -2.06. The number of carbonyl (C=O) groups is 1. The van der Waals surface area contributed by atoms with E-state index in [0.717, 1.165) is 11.5 Å². The van der Waals surface area contributed by atoms with Gasteiger partial charge in [0.2, 0.25) is 5.84 Å². The van der Waals surface area contributed by atoms with Crippen molar-refractivity contribution in [2.75, 3.05) is 31.3 Å². The Morgan fingerprint density at radius 1 is 1.17 bits per heavy atom. The molecule has 0 aliphatic rings. The van der Waals surface area contributed by atoms with Crippen molar-refractivity contribution in [3.8, 4) is 0 Å². The average Bonchev–Trinajstić information content (AvgIpc) is 2.31. The molecule has 2 N–H and O–H groups in total. The van der Waals surface area contributed by atoms with Crippen LogP contribution in [0, 0.1) is 0 Å². The van der Waals surface area contributed by atoms with Crippen molar-refractivity contribution in [3.05, 3.63) is 24.3 Å². The maximum Gasteiger partial charge on any atom is 0.411 e. The summed E-state index contributed by atoms with van der Waals surface area (Å²) >= 11 is 0. The zero-order valence-electron chi connectivity index (χ0n) is 11.3. The van der Waals surface area contributed by atoms with Gasteiger partial charge in [-0.1, -0.05) is 0 Å². The third-order valence-corrected chi connectivity index (χ3v) is 2.40. The van der Waals surface area contributed by atoms with E-state index in [-0.39, 0.29) is 0 Å². The molecule has 5 nitrogen and oxygen atoms in total. The van der Waals surface area contributed by atoms with Gasteiger partial charge >= 0.3 is 6.09 Å². The van der Waals surface area contributed by atoms with Crippen molar-refractivity contribution in [1.82, 2.24) is 0 Å². The summed E-state index contributed by atoms with van der Waals surface area (Å²) in [6, 6.07) is 7.44. The molecule has 0 saturated heterocycles. The maximum atomic E-state index is 11.2. The van der Waals surface area contributed by atoms with Crippen LogP contribution in [0.2, 0.25) is 0 Å². The monoisotopic (exact) mass is 250 g/mol. The standard InChI is InChI=1S/C13H19N3O2/c1-5-18-13(17)15-12-8-6-11(7-9-12)14-10(2)16(3)4/h6-9H,5H2,1-4H3,(H,15,17)/p+1. The zero-order valence-corrected chi connectivity index (χ0v) is 11.3. The number of hydrogen-bond donors (Lipinski definition) is 2. The Bertz CT molecular complexity index is 434. The summed E-state index contributed by atoms with van der Waals surface area (Å²) in [5.74, 6) is 1.04. The first-order chi connectivity index (χ1) is 8.52. The molecule has 0 saturated carbocycles. The van der Waals surface area contributed by atoms with Gasteiger partial charge in [0, 0.05) is 12.6 Å². The van der Waals surface area contributed by atoms with E-state index >= 15 is 0 Å². The van der Waals surface area contributed by atoms with Crippen LogP contribution in [0.1, 0.15) is 13.8 Å². The molecule has 0 aromatic heterocycles. The van der Waals surface area contributed by atoms with Crippen LogP contribution in [0.5, 0.6) is 0 Å². The second kappa shape index (κ2) is 6.64. The third kappa shape index (κ3) is 4.45. The number of amidine groups is 1. The van der Waals surface area contributed by atoms with Gasteiger partial charge in [-0.15, -0.1) is 0 Å². The molecule has 0 bridgehead atoms. The fourth-order valence-corrected chi connectivity index (χ4v) is 1.24. The van der Waals surface area contributed by atoms with Crippen LogP contribution in [0.4, 0.5) is 16.2 Å². The Labute approximate surface area is 107 Å². The van der Waals surface area contributed by atoms with E-state index in [4.69, 9.17) is 4.74 Å². The van der Waals surface area contributed by atoms with Gasteiger partial charge in [-0.2, -0.15) is 0 Å². The second-order valence-corrected chi connectivity index (χ2v) is 4.03. The summed E-state index contributed by atoms with van der Waals surface area (Å²) < 4.78 is 6.79. The number of amides is 1. The van der Waals surface area contributed by atoms with Gasteiger partial charge in [0.25, 0.3) is 0 Å². The summed E-state index contributed by atoms with van der Waals surface area (Å²) in [4.78, 5) is 11.2. The van der Waals surface area contributed by atoms with Crippen LogP contribution in [0.25, 0.3) is 0 Å². The Morgan fingerprint density at radius 2 is 1.67 bits per heavy atom. The molecule has 1 aromatic carbocycles. The smallest absolute Gasteiger partial charge is 0.411 e. The number of anilines is 2. The largest absolute Gasteiger partial charge is 0.450 e. The number of ether oxygens (including phenoxy) is 1. The number of carbonyl (C=O) groups excluding carboxylic acids is 1. The molecule has 0 fully saturated rings. The van der Waals surface area contributed by atoms with Gasteiger partial charge in [-0.05, 0) is 31.2 Å². The highest BCUT2D eigenvalue weighted by atomic mass is 16.5. The predicted octanol–water partition coefficient (Wildman–Crippen LogP) is 2.36. The van der Waals surface area contributed by atoms with Gasteiger partial charge in [0.1, 0.15) is 5.69 Å². The molecule has 0 radical (unpaired) electrons. The third-order valence-electron chi connectivity index (χ3n) is 2.40. The topological polar surface area (TPSA) is 53.4 Å². The minimum atomic E-state index is -0.436. The van der Waals surface area contributed by atoms with Crippen LogP contribution >= 0.6 is 0 Å². The van der Waals surface area contributed by atoms with Crippen molar-refractivity contribution in [2.45, 2.75) is 13.8 Å². The van der Waals surface area contributed by atoms with E-state index in [9.17, 15) is 4.79 Å². The molecule has 1 rings (SSSR count). The number of benzene rings is 1. The molecule has 0 unspecified atom stereocenters. The molecule has 18 heavy (non-hydrogen) atoms. The number of hydrogen-bond acceptors (Lipinski definition) is 2. The first-order valence-corrected chi connectivity index (χ1v) is 5.84. The van der Waals surface area contributed by atoms with E-state index in [2.05, 4.69) is 10.6 Å². The fourth-order valence-electron chi connectivity index (χ4n) is 1.24. The van der Waals surface area contributed by atoms with Crippen molar-refractivity contribution >= 4 is 23.3 Å². The van der Waals surface area contributed by atoms with Crippen LogP contribution in [-0.2, 0) is 4.74 Å². The molecule has 0 aliphatic heterocycles. The van der Waals surface area contributed by atoms with E-state index in [1.54, 1.807) is 6.92 Å².